The van der Waals surface area contributed by atoms with Crippen LogP contribution in [0.1, 0.15) is 19.7 Å². The molecule has 2 rings (SSSR count). The third-order valence-corrected chi connectivity index (χ3v) is 2.91. The molecule has 94 valence electrons. The first-order chi connectivity index (χ1) is 8.06. The molecule has 1 saturated heterocycles. The van der Waals surface area contributed by atoms with Crippen LogP contribution in [-0.4, -0.2) is 43.8 Å². The van der Waals surface area contributed by atoms with E-state index >= 15 is 0 Å². The maximum absolute atomic E-state index is 10.7. The zero-order valence-corrected chi connectivity index (χ0v) is 10.2. The van der Waals surface area contributed by atoms with Crippen LogP contribution < -0.4 is 0 Å². The Bertz CT molecular complexity index is 396. The summed E-state index contributed by atoms with van der Waals surface area (Å²) in [5, 5.41) is 13.0. The molecule has 1 aliphatic rings. The van der Waals surface area contributed by atoms with Gasteiger partial charge in [0.1, 0.15) is 12.2 Å². The van der Waals surface area contributed by atoms with Crippen molar-refractivity contribution >= 4 is 5.97 Å². The first-order valence-corrected chi connectivity index (χ1v) is 5.88. The van der Waals surface area contributed by atoms with Gasteiger partial charge in [-0.2, -0.15) is 5.10 Å². The van der Waals surface area contributed by atoms with Gasteiger partial charge >= 0.3 is 5.97 Å². The van der Waals surface area contributed by atoms with E-state index in [0.717, 1.165) is 12.4 Å². The quantitative estimate of drug-likeness (QED) is 0.806. The van der Waals surface area contributed by atoms with Crippen LogP contribution in [0.15, 0.2) is 6.33 Å². The lowest BCUT2D eigenvalue weighted by Gasteiger charge is -2.36. The zero-order chi connectivity index (χ0) is 12.4. The number of hydrogen-bond acceptors (Lipinski definition) is 4. The summed E-state index contributed by atoms with van der Waals surface area (Å²) in [7, 11) is 0. The predicted octanol–water partition coefficient (Wildman–Crippen LogP) is 0.451. The first-order valence-electron chi connectivity index (χ1n) is 5.88. The van der Waals surface area contributed by atoms with E-state index < -0.39 is 5.97 Å². The molecule has 1 aliphatic heterocycles. The summed E-state index contributed by atoms with van der Waals surface area (Å²) >= 11 is 0. The van der Waals surface area contributed by atoms with E-state index in [1.165, 1.54) is 0 Å². The maximum atomic E-state index is 10.7. The molecule has 0 saturated carbocycles. The summed E-state index contributed by atoms with van der Waals surface area (Å²) in [6.07, 6.45) is 1.56. The van der Waals surface area contributed by atoms with Crippen LogP contribution in [0.25, 0.3) is 0 Å². The molecule has 1 aromatic heterocycles. The van der Waals surface area contributed by atoms with E-state index in [1.807, 2.05) is 4.68 Å². The summed E-state index contributed by atoms with van der Waals surface area (Å²) in [5.74, 6) is 0.530. The highest BCUT2D eigenvalue weighted by Gasteiger charge is 2.32. The number of rotatable bonds is 5. The van der Waals surface area contributed by atoms with Crippen LogP contribution in [0.5, 0.6) is 0 Å². The monoisotopic (exact) mass is 238 g/mol. The number of carboxylic acid groups (broad SMARTS) is 1. The largest absolute Gasteiger partial charge is 0.481 e. The highest BCUT2D eigenvalue weighted by Crippen LogP contribution is 2.18. The second-order valence-electron chi connectivity index (χ2n) is 4.98. The summed E-state index contributed by atoms with van der Waals surface area (Å²) in [5.41, 5.74) is 0. The Morgan fingerprint density at radius 2 is 2.29 bits per heavy atom. The third kappa shape index (κ3) is 2.82. The standard InChI is InChI=1S/C11H18N4O2/c1-8(2)3-15-10(12-7-13-15)6-14-4-9(5-14)11(16)17/h7-9H,3-6H2,1-2H3,(H,16,17). The van der Waals surface area contributed by atoms with Gasteiger partial charge in [-0.25, -0.2) is 9.67 Å². The molecule has 0 aromatic carbocycles. The minimum Gasteiger partial charge on any atom is -0.481 e. The van der Waals surface area contributed by atoms with Gasteiger partial charge in [0.15, 0.2) is 0 Å². The lowest BCUT2D eigenvalue weighted by atomic mass is 10.0. The van der Waals surface area contributed by atoms with Gasteiger partial charge in [0.2, 0.25) is 0 Å². The molecule has 0 bridgehead atoms. The number of aliphatic carboxylic acids is 1. The van der Waals surface area contributed by atoms with Crippen molar-refractivity contribution in [2.24, 2.45) is 11.8 Å². The fourth-order valence-corrected chi connectivity index (χ4v) is 1.96. The topological polar surface area (TPSA) is 71.2 Å². The normalized spacial score (nSPS) is 17.4. The van der Waals surface area contributed by atoms with Gasteiger partial charge < -0.3 is 5.11 Å². The van der Waals surface area contributed by atoms with E-state index in [0.29, 0.717) is 25.6 Å². The molecular formula is C11H18N4O2. The molecule has 0 aliphatic carbocycles. The van der Waals surface area contributed by atoms with Crippen molar-refractivity contribution in [3.8, 4) is 0 Å². The Labute approximate surface area is 100 Å². The minimum absolute atomic E-state index is 0.212. The van der Waals surface area contributed by atoms with E-state index in [2.05, 4.69) is 28.8 Å². The number of nitrogens with zero attached hydrogens (tertiary/aromatic N) is 4. The molecular weight excluding hydrogens is 220 g/mol. The summed E-state index contributed by atoms with van der Waals surface area (Å²) in [6, 6.07) is 0. The van der Waals surface area contributed by atoms with Gasteiger partial charge in [0.25, 0.3) is 0 Å². The average Bonchev–Trinajstić information content (AvgIpc) is 2.56. The lowest BCUT2D eigenvalue weighted by molar-refractivity contribution is -0.147. The highest BCUT2D eigenvalue weighted by atomic mass is 16.4. The SMILES string of the molecule is CC(C)Cn1ncnc1CN1CC(C(=O)O)C1. The zero-order valence-electron chi connectivity index (χ0n) is 10.2. The van der Waals surface area contributed by atoms with Gasteiger partial charge in [-0.15, -0.1) is 0 Å². The number of aromatic nitrogens is 3. The molecule has 0 amide bonds. The molecule has 0 unspecified atom stereocenters. The molecule has 0 radical (unpaired) electrons. The summed E-state index contributed by atoms with van der Waals surface area (Å²) < 4.78 is 1.90. The Kier molecular flexibility index (Phi) is 3.42. The number of carbonyl (C=O) groups is 1. The van der Waals surface area contributed by atoms with E-state index in [9.17, 15) is 4.79 Å². The second kappa shape index (κ2) is 4.83. The molecule has 0 spiro atoms. The van der Waals surface area contributed by atoms with Crippen molar-refractivity contribution in [1.29, 1.82) is 0 Å². The van der Waals surface area contributed by atoms with Crippen LogP contribution in [0.3, 0.4) is 0 Å². The van der Waals surface area contributed by atoms with Crippen LogP contribution in [0.2, 0.25) is 0 Å². The van der Waals surface area contributed by atoms with Gasteiger partial charge in [0.05, 0.1) is 12.5 Å². The van der Waals surface area contributed by atoms with Crippen molar-refractivity contribution in [3.63, 3.8) is 0 Å². The molecule has 1 aromatic rings. The molecule has 17 heavy (non-hydrogen) atoms. The fourth-order valence-electron chi connectivity index (χ4n) is 1.96. The number of carboxylic acids is 1. The van der Waals surface area contributed by atoms with Crippen LogP contribution in [0, 0.1) is 11.8 Å². The minimum atomic E-state index is -0.704. The fraction of sp³-hybridized carbons (Fsp3) is 0.727. The van der Waals surface area contributed by atoms with Crippen molar-refractivity contribution in [1.82, 2.24) is 19.7 Å². The smallest absolute Gasteiger partial charge is 0.309 e. The predicted molar refractivity (Wildman–Crippen MR) is 61.3 cm³/mol. The van der Waals surface area contributed by atoms with Crippen molar-refractivity contribution < 1.29 is 9.90 Å². The van der Waals surface area contributed by atoms with Gasteiger partial charge in [-0.05, 0) is 5.92 Å². The molecule has 0 atom stereocenters. The Morgan fingerprint density at radius 1 is 1.59 bits per heavy atom. The molecule has 1 N–H and O–H groups in total. The highest BCUT2D eigenvalue weighted by molar-refractivity contribution is 5.71. The second-order valence-corrected chi connectivity index (χ2v) is 4.98. The van der Waals surface area contributed by atoms with E-state index in [4.69, 9.17) is 5.11 Å². The van der Waals surface area contributed by atoms with Gasteiger partial charge in [0, 0.05) is 19.6 Å². The lowest BCUT2D eigenvalue weighted by Crippen LogP contribution is -2.49. The number of hydrogen-bond donors (Lipinski definition) is 1. The Morgan fingerprint density at radius 3 is 2.88 bits per heavy atom. The first kappa shape index (κ1) is 12.0. The Hall–Kier alpha value is -1.43. The van der Waals surface area contributed by atoms with Crippen LogP contribution in [0.4, 0.5) is 0 Å². The number of likely N-dealkylation sites (tertiary alicyclic amines) is 1. The van der Waals surface area contributed by atoms with E-state index in [-0.39, 0.29) is 5.92 Å². The molecule has 6 nitrogen and oxygen atoms in total. The van der Waals surface area contributed by atoms with Crippen LogP contribution >= 0.6 is 0 Å². The Balaban J connectivity index is 1.88. The van der Waals surface area contributed by atoms with Crippen molar-refractivity contribution in [2.75, 3.05) is 13.1 Å². The molecule has 6 heteroatoms. The molecule has 1 fully saturated rings. The van der Waals surface area contributed by atoms with Gasteiger partial charge in [-0.3, -0.25) is 9.69 Å². The van der Waals surface area contributed by atoms with Crippen molar-refractivity contribution in [2.45, 2.75) is 26.9 Å². The third-order valence-electron chi connectivity index (χ3n) is 2.91. The average molecular weight is 238 g/mol. The van der Waals surface area contributed by atoms with E-state index in [1.54, 1.807) is 6.33 Å². The maximum Gasteiger partial charge on any atom is 0.309 e. The van der Waals surface area contributed by atoms with Crippen molar-refractivity contribution in [3.05, 3.63) is 12.2 Å². The van der Waals surface area contributed by atoms with Gasteiger partial charge in [-0.1, -0.05) is 13.8 Å². The summed E-state index contributed by atoms with van der Waals surface area (Å²) in [4.78, 5) is 17.0. The van der Waals surface area contributed by atoms with Crippen LogP contribution in [-0.2, 0) is 17.9 Å². The molecule has 2 heterocycles. The summed E-state index contributed by atoms with van der Waals surface area (Å²) in [6.45, 7) is 7.04.